The summed E-state index contributed by atoms with van der Waals surface area (Å²) in [5, 5.41) is 3.98. The first-order valence-electron chi connectivity index (χ1n) is 6.80. The Labute approximate surface area is 124 Å². The molecule has 4 heteroatoms. The fraction of sp³-hybridized carbons (Fsp3) is 0.375. The van der Waals surface area contributed by atoms with Crippen molar-refractivity contribution >= 4 is 11.6 Å². The summed E-state index contributed by atoms with van der Waals surface area (Å²) < 4.78 is 11.4. The van der Waals surface area contributed by atoms with Gasteiger partial charge in [0.15, 0.2) is 0 Å². The Morgan fingerprint density at radius 3 is 2.85 bits per heavy atom. The third kappa shape index (κ3) is 4.37. The number of hydrogen-bond acceptors (Lipinski definition) is 3. The Hall–Kier alpha value is -1.29. The van der Waals surface area contributed by atoms with Crippen molar-refractivity contribution in [3.8, 4) is 0 Å². The van der Waals surface area contributed by atoms with Crippen molar-refractivity contribution in [1.29, 1.82) is 0 Å². The highest BCUT2D eigenvalue weighted by Crippen LogP contribution is 2.17. The van der Waals surface area contributed by atoms with E-state index in [1.165, 1.54) is 0 Å². The van der Waals surface area contributed by atoms with Gasteiger partial charge in [-0.25, -0.2) is 0 Å². The Morgan fingerprint density at radius 2 is 2.10 bits per heavy atom. The van der Waals surface area contributed by atoms with Gasteiger partial charge in [0.05, 0.1) is 19.8 Å². The average Bonchev–Trinajstić information content (AvgIpc) is 2.77. The highest BCUT2D eigenvalue weighted by Gasteiger charge is 2.07. The highest BCUT2D eigenvalue weighted by atomic mass is 35.5. The minimum Gasteiger partial charge on any atom is -0.465 e. The van der Waals surface area contributed by atoms with Gasteiger partial charge in [-0.05, 0) is 37.2 Å². The summed E-state index contributed by atoms with van der Waals surface area (Å²) in [7, 11) is 0. The molecule has 0 saturated heterocycles. The third-order valence-electron chi connectivity index (χ3n) is 3.04. The molecule has 0 bridgehead atoms. The van der Waals surface area contributed by atoms with Crippen LogP contribution in [0.5, 0.6) is 0 Å². The number of rotatable bonds is 7. The number of aryl methyl sites for hydroxylation is 1. The van der Waals surface area contributed by atoms with Crippen LogP contribution in [-0.4, -0.2) is 6.54 Å². The van der Waals surface area contributed by atoms with E-state index in [-0.39, 0.29) is 0 Å². The average molecular weight is 294 g/mol. The summed E-state index contributed by atoms with van der Waals surface area (Å²) in [5.41, 5.74) is 2.17. The van der Waals surface area contributed by atoms with E-state index < -0.39 is 0 Å². The molecule has 2 rings (SSSR count). The van der Waals surface area contributed by atoms with Crippen LogP contribution >= 0.6 is 11.6 Å². The maximum absolute atomic E-state index is 5.94. The molecule has 1 aromatic heterocycles. The predicted molar refractivity (Wildman–Crippen MR) is 80.8 cm³/mol. The molecule has 1 heterocycles. The molecule has 1 N–H and O–H groups in total. The zero-order valence-corrected chi connectivity index (χ0v) is 12.7. The number of hydrogen-bond donors (Lipinski definition) is 1. The Bertz CT molecular complexity index is 551. The van der Waals surface area contributed by atoms with Gasteiger partial charge in [-0.3, -0.25) is 0 Å². The topological polar surface area (TPSA) is 34.4 Å². The minimum atomic E-state index is 0.549. The number of halogens is 1. The number of nitrogens with one attached hydrogen (secondary N) is 1. The summed E-state index contributed by atoms with van der Waals surface area (Å²) in [5.74, 6) is 1.87. The van der Waals surface area contributed by atoms with Crippen molar-refractivity contribution < 1.29 is 9.15 Å². The van der Waals surface area contributed by atoms with Crippen molar-refractivity contribution in [2.75, 3.05) is 6.54 Å². The predicted octanol–water partition coefficient (Wildman–Crippen LogP) is 4.07. The quantitative estimate of drug-likeness (QED) is 0.836. The van der Waals surface area contributed by atoms with Crippen LogP contribution in [-0.2, 0) is 24.5 Å². The molecule has 0 spiro atoms. The monoisotopic (exact) mass is 293 g/mol. The minimum absolute atomic E-state index is 0.549. The van der Waals surface area contributed by atoms with Crippen LogP contribution in [0, 0.1) is 6.92 Å². The molecule has 20 heavy (non-hydrogen) atoms. The first-order chi connectivity index (χ1) is 9.69. The van der Waals surface area contributed by atoms with Crippen LogP contribution < -0.4 is 5.32 Å². The largest absolute Gasteiger partial charge is 0.465 e. The van der Waals surface area contributed by atoms with Crippen LogP contribution in [0.2, 0.25) is 5.02 Å². The second-order valence-corrected chi connectivity index (χ2v) is 5.13. The van der Waals surface area contributed by atoms with Crippen molar-refractivity contribution in [2.24, 2.45) is 0 Å². The maximum Gasteiger partial charge on any atom is 0.118 e. The lowest BCUT2D eigenvalue weighted by atomic mass is 10.2. The summed E-state index contributed by atoms with van der Waals surface area (Å²) in [4.78, 5) is 0. The van der Waals surface area contributed by atoms with E-state index in [4.69, 9.17) is 20.8 Å². The van der Waals surface area contributed by atoms with E-state index in [1.54, 1.807) is 0 Å². The van der Waals surface area contributed by atoms with Gasteiger partial charge in [0.1, 0.15) is 11.5 Å². The summed E-state index contributed by atoms with van der Waals surface area (Å²) in [6.07, 6.45) is 0. The number of benzene rings is 1. The van der Waals surface area contributed by atoms with Crippen LogP contribution in [0.3, 0.4) is 0 Å². The second kappa shape index (κ2) is 7.48. The Morgan fingerprint density at radius 1 is 1.25 bits per heavy atom. The number of furan rings is 1. The van der Waals surface area contributed by atoms with Gasteiger partial charge in [0.2, 0.25) is 0 Å². The first kappa shape index (κ1) is 15.1. The number of ether oxygens (including phenoxy) is 1. The van der Waals surface area contributed by atoms with Gasteiger partial charge in [-0.15, -0.1) is 0 Å². The zero-order chi connectivity index (χ0) is 14.4. The van der Waals surface area contributed by atoms with E-state index in [2.05, 4.69) is 18.3 Å². The molecule has 2 aromatic rings. The molecule has 0 fully saturated rings. The SMILES string of the molecule is CCNCc1cc(COCc2cccc(Cl)c2)c(C)o1. The molecular weight excluding hydrogens is 274 g/mol. The molecule has 0 radical (unpaired) electrons. The lowest BCUT2D eigenvalue weighted by Gasteiger charge is -2.04. The summed E-state index contributed by atoms with van der Waals surface area (Å²) in [6.45, 7) is 6.83. The van der Waals surface area contributed by atoms with Gasteiger partial charge in [0.25, 0.3) is 0 Å². The lowest BCUT2D eigenvalue weighted by molar-refractivity contribution is 0.106. The maximum atomic E-state index is 5.94. The normalized spacial score (nSPS) is 10.9. The van der Waals surface area contributed by atoms with E-state index in [9.17, 15) is 0 Å². The fourth-order valence-electron chi connectivity index (χ4n) is 1.97. The molecule has 0 unspecified atom stereocenters. The smallest absolute Gasteiger partial charge is 0.118 e. The van der Waals surface area contributed by atoms with Gasteiger partial charge in [-0.2, -0.15) is 0 Å². The van der Waals surface area contributed by atoms with Crippen LogP contribution in [0.1, 0.15) is 29.6 Å². The Balaban J connectivity index is 1.86. The van der Waals surface area contributed by atoms with E-state index in [0.717, 1.165) is 40.8 Å². The molecule has 0 aliphatic heterocycles. The van der Waals surface area contributed by atoms with E-state index in [0.29, 0.717) is 13.2 Å². The molecule has 3 nitrogen and oxygen atoms in total. The van der Waals surface area contributed by atoms with Crippen LogP contribution in [0.4, 0.5) is 0 Å². The third-order valence-corrected chi connectivity index (χ3v) is 3.27. The van der Waals surface area contributed by atoms with Crippen LogP contribution in [0.25, 0.3) is 0 Å². The molecule has 0 atom stereocenters. The van der Waals surface area contributed by atoms with Crippen molar-refractivity contribution in [3.63, 3.8) is 0 Å². The van der Waals surface area contributed by atoms with Crippen LogP contribution in [0.15, 0.2) is 34.7 Å². The fourth-order valence-corrected chi connectivity index (χ4v) is 2.18. The second-order valence-electron chi connectivity index (χ2n) is 4.70. The molecule has 0 aliphatic carbocycles. The molecule has 0 aliphatic rings. The van der Waals surface area contributed by atoms with Gasteiger partial charge in [0, 0.05) is 10.6 Å². The van der Waals surface area contributed by atoms with E-state index in [1.807, 2.05) is 31.2 Å². The lowest BCUT2D eigenvalue weighted by Crippen LogP contribution is -2.10. The van der Waals surface area contributed by atoms with Gasteiger partial charge < -0.3 is 14.5 Å². The first-order valence-corrected chi connectivity index (χ1v) is 7.18. The van der Waals surface area contributed by atoms with E-state index >= 15 is 0 Å². The molecule has 0 saturated carbocycles. The standard InChI is InChI=1S/C16H20ClNO2/c1-3-18-9-16-8-14(12(2)20-16)11-19-10-13-5-4-6-15(17)7-13/h4-8,18H,3,9-11H2,1-2H3. The molecule has 0 amide bonds. The Kier molecular flexibility index (Phi) is 5.65. The highest BCUT2D eigenvalue weighted by molar-refractivity contribution is 6.30. The van der Waals surface area contributed by atoms with Crippen molar-refractivity contribution in [2.45, 2.75) is 33.6 Å². The van der Waals surface area contributed by atoms with Crippen molar-refractivity contribution in [1.82, 2.24) is 5.32 Å². The summed E-state index contributed by atoms with van der Waals surface area (Å²) in [6, 6.07) is 9.76. The van der Waals surface area contributed by atoms with Gasteiger partial charge in [-0.1, -0.05) is 30.7 Å². The molecule has 108 valence electrons. The molecular formula is C16H20ClNO2. The molecule has 1 aromatic carbocycles. The summed E-state index contributed by atoms with van der Waals surface area (Å²) >= 11 is 5.94. The van der Waals surface area contributed by atoms with Gasteiger partial charge >= 0.3 is 0 Å². The zero-order valence-electron chi connectivity index (χ0n) is 11.9. The van der Waals surface area contributed by atoms with Crippen molar-refractivity contribution in [3.05, 3.63) is 58.0 Å².